The molecule has 5 nitrogen and oxygen atoms in total. The molecule has 1 amide bonds. The second kappa shape index (κ2) is 5.61. The minimum absolute atomic E-state index is 0.124. The van der Waals surface area contributed by atoms with E-state index in [9.17, 15) is 4.79 Å². The van der Waals surface area contributed by atoms with Gasteiger partial charge in [-0.3, -0.25) is 4.79 Å². The van der Waals surface area contributed by atoms with Gasteiger partial charge in [0.15, 0.2) is 0 Å². The number of rotatable bonds is 3. The molecule has 2 heterocycles. The van der Waals surface area contributed by atoms with Gasteiger partial charge < -0.3 is 14.5 Å². The molecule has 0 aromatic carbocycles. The van der Waals surface area contributed by atoms with E-state index < -0.39 is 0 Å². The first kappa shape index (κ1) is 11.8. The number of carbonyl (C=O) groups is 1. The van der Waals surface area contributed by atoms with Crippen molar-refractivity contribution >= 4 is 5.91 Å². The Morgan fingerprint density at radius 3 is 2.94 bits per heavy atom. The Kier molecular flexibility index (Phi) is 4.15. The van der Waals surface area contributed by atoms with Crippen molar-refractivity contribution in [2.75, 3.05) is 19.8 Å². The summed E-state index contributed by atoms with van der Waals surface area (Å²) < 4.78 is 5.43. The standard InChI is InChI=1S/C11H20N2O3/c12-16-8-9-4-1-2-6-13(9)11(14)10-5-3-7-15-10/h9-10H,1-8,12H2. The fourth-order valence-electron chi connectivity index (χ4n) is 2.53. The zero-order valence-electron chi connectivity index (χ0n) is 9.56. The predicted molar refractivity (Wildman–Crippen MR) is 58.5 cm³/mol. The molecule has 2 fully saturated rings. The Morgan fingerprint density at radius 1 is 1.38 bits per heavy atom. The largest absolute Gasteiger partial charge is 0.368 e. The first-order chi connectivity index (χ1) is 7.83. The van der Waals surface area contributed by atoms with E-state index in [1.54, 1.807) is 0 Å². The smallest absolute Gasteiger partial charge is 0.252 e. The second-order valence-corrected chi connectivity index (χ2v) is 4.52. The monoisotopic (exact) mass is 228 g/mol. The zero-order valence-corrected chi connectivity index (χ0v) is 9.56. The van der Waals surface area contributed by atoms with E-state index in [2.05, 4.69) is 4.84 Å². The molecule has 16 heavy (non-hydrogen) atoms. The highest BCUT2D eigenvalue weighted by atomic mass is 16.6. The minimum Gasteiger partial charge on any atom is -0.368 e. The number of hydrogen-bond acceptors (Lipinski definition) is 4. The molecule has 0 saturated carbocycles. The fourth-order valence-corrected chi connectivity index (χ4v) is 2.53. The van der Waals surface area contributed by atoms with E-state index in [1.165, 1.54) is 0 Å². The molecule has 2 saturated heterocycles. The second-order valence-electron chi connectivity index (χ2n) is 4.52. The number of nitrogens with zero attached hydrogens (tertiary/aromatic N) is 1. The molecule has 0 aliphatic carbocycles. The van der Waals surface area contributed by atoms with Crippen LogP contribution in [0.2, 0.25) is 0 Å². The molecular formula is C11H20N2O3. The number of nitrogens with two attached hydrogens (primary N) is 1. The first-order valence-electron chi connectivity index (χ1n) is 6.06. The number of carbonyl (C=O) groups excluding carboxylic acids is 1. The normalized spacial score (nSPS) is 30.7. The van der Waals surface area contributed by atoms with Crippen molar-refractivity contribution in [1.29, 1.82) is 0 Å². The van der Waals surface area contributed by atoms with Crippen LogP contribution in [0.3, 0.4) is 0 Å². The van der Waals surface area contributed by atoms with Gasteiger partial charge in [-0.1, -0.05) is 0 Å². The van der Waals surface area contributed by atoms with Gasteiger partial charge in [0.05, 0.1) is 12.6 Å². The van der Waals surface area contributed by atoms with Gasteiger partial charge in [-0.25, -0.2) is 5.90 Å². The van der Waals surface area contributed by atoms with E-state index in [0.717, 1.165) is 38.6 Å². The van der Waals surface area contributed by atoms with Crippen LogP contribution in [-0.4, -0.2) is 42.7 Å². The Hall–Kier alpha value is -0.650. The van der Waals surface area contributed by atoms with Crippen LogP contribution in [0.4, 0.5) is 0 Å². The summed E-state index contributed by atoms with van der Waals surface area (Å²) in [6, 6.07) is 0.135. The average molecular weight is 228 g/mol. The third-order valence-corrected chi connectivity index (χ3v) is 3.40. The Bertz CT molecular complexity index is 239. The van der Waals surface area contributed by atoms with Gasteiger partial charge in [0, 0.05) is 13.2 Å². The molecule has 2 rings (SSSR count). The van der Waals surface area contributed by atoms with Crippen LogP contribution in [0, 0.1) is 0 Å². The van der Waals surface area contributed by atoms with Gasteiger partial charge in [0.25, 0.3) is 5.91 Å². The third kappa shape index (κ3) is 2.53. The van der Waals surface area contributed by atoms with Crippen molar-refractivity contribution in [3.05, 3.63) is 0 Å². The van der Waals surface area contributed by atoms with Crippen molar-refractivity contribution in [2.45, 2.75) is 44.2 Å². The average Bonchev–Trinajstić information content (AvgIpc) is 2.83. The quantitative estimate of drug-likeness (QED) is 0.712. The summed E-state index contributed by atoms with van der Waals surface area (Å²) in [5, 5.41) is 0. The van der Waals surface area contributed by atoms with Crippen LogP contribution in [0.5, 0.6) is 0 Å². The van der Waals surface area contributed by atoms with E-state index in [-0.39, 0.29) is 18.1 Å². The lowest BCUT2D eigenvalue weighted by Gasteiger charge is -2.36. The number of ether oxygens (including phenoxy) is 1. The summed E-state index contributed by atoms with van der Waals surface area (Å²) in [7, 11) is 0. The molecule has 0 bridgehead atoms. The van der Waals surface area contributed by atoms with E-state index in [0.29, 0.717) is 13.2 Å². The van der Waals surface area contributed by atoms with Crippen LogP contribution < -0.4 is 5.90 Å². The number of piperidine rings is 1. The van der Waals surface area contributed by atoms with Gasteiger partial charge in [-0.2, -0.15) is 0 Å². The van der Waals surface area contributed by atoms with Crippen molar-refractivity contribution in [1.82, 2.24) is 4.90 Å². The lowest BCUT2D eigenvalue weighted by Crippen LogP contribution is -2.50. The number of likely N-dealkylation sites (tertiary alicyclic amines) is 1. The van der Waals surface area contributed by atoms with Crippen molar-refractivity contribution < 1.29 is 14.4 Å². The highest BCUT2D eigenvalue weighted by Gasteiger charge is 2.33. The summed E-state index contributed by atoms with van der Waals surface area (Å²) in [5.74, 6) is 5.23. The van der Waals surface area contributed by atoms with Crippen LogP contribution in [0.1, 0.15) is 32.1 Å². The lowest BCUT2D eigenvalue weighted by molar-refractivity contribution is -0.146. The van der Waals surface area contributed by atoms with Crippen LogP contribution in [-0.2, 0) is 14.4 Å². The van der Waals surface area contributed by atoms with Crippen molar-refractivity contribution in [3.63, 3.8) is 0 Å². The number of hydrogen-bond donors (Lipinski definition) is 1. The van der Waals surface area contributed by atoms with E-state index >= 15 is 0 Å². The molecule has 0 aromatic rings. The maximum absolute atomic E-state index is 12.2. The molecule has 2 unspecified atom stereocenters. The lowest BCUT2D eigenvalue weighted by atomic mass is 10.0. The van der Waals surface area contributed by atoms with E-state index in [1.807, 2.05) is 4.90 Å². The fraction of sp³-hybridized carbons (Fsp3) is 0.909. The Morgan fingerprint density at radius 2 is 2.25 bits per heavy atom. The molecule has 2 N–H and O–H groups in total. The first-order valence-corrected chi connectivity index (χ1v) is 6.06. The predicted octanol–water partition coefficient (Wildman–Crippen LogP) is 0.437. The Labute approximate surface area is 95.8 Å². The summed E-state index contributed by atoms with van der Waals surface area (Å²) in [6.07, 6.45) is 4.81. The van der Waals surface area contributed by atoms with Gasteiger partial charge >= 0.3 is 0 Å². The highest BCUT2D eigenvalue weighted by Crippen LogP contribution is 2.22. The van der Waals surface area contributed by atoms with Crippen molar-refractivity contribution in [2.24, 2.45) is 5.90 Å². The molecule has 0 radical (unpaired) electrons. The summed E-state index contributed by atoms with van der Waals surface area (Å²) >= 11 is 0. The topological polar surface area (TPSA) is 64.8 Å². The molecule has 2 aliphatic rings. The summed E-state index contributed by atoms with van der Waals surface area (Å²) in [5.41, 5.74) is 0. The summed E-state index contributed by atoms with van der Waals surface area (Å²) in [6.45, 7) is 1.95. The van der Waals surface area contributed by atoms with E-state index in [4.69, 9.17) is 10.6 Å². The molecule has 2 aliphatic heterocycles. The van der Waals surface area contributed by atoms with Crippen molar-refractivity contribution in [3.8, 4) is 0 Å². The maximum atomic E-state index is 12.2. The molecule has 92 valence electrons. The van der Waals surface area contributed by atoms with Crippen LogP contribution >= 0.6 is 0 Å². The minimum atomic E-state index is -0.224. The van der Waals surface area contributed by atoms with Gasteiger partial charge in [0.1, 0.15) is 6.10 Å². The number of amides is 1. The zero-order chi connectivity index (χ0) is 11.4. The van der Waals surface area contributed by atoms with Gasteiger partial charge in [-0.05, 0) is 32.1 Å². The maximum Gasteiger partial charge on any atom is 0.252 e. The van der Waals surface area contributed by atoms with Crippen LogP contribution in [0.15, 0.2) is 0 Å². The highest BCUT2D eigenvalue weighted by molar-refractivity contribution is 5.81. The van der Waals surface area contributed by atoms with Crippen LogP contribution in [0.25, 0.3) is 0 Å². The molecule has 0 aromatic heterocycles. The molecule has 0 spiro atoms. The SMILES string of the molecule is NOCC1CCCCN1C(=O)C1CCCO1. The van der Waals surface area contributed by atoms with Gasteiger partial charge in [-0.15, -0.1) is 0 Å². The van der Waals surface area contributed by atoms with Gasteiger partial charge in [0.2, 0.25) is 0 Å². The summed E-state index contributed by atoms with van der Waals surface area (Å²) in [4.78, 5) is 18.8. The molecule has 5 heteroatoms. The molecular weight excluding hydrogens is 208 g/mol. The molecule has 2 atom stereocenters. The third-order valence-electron chi connectivity index (χ3n) is 3.40. The Balaban J connectivity index is 1.95.